The monoisotopic (exact) mass is 402 g/mol. The van der Waals surface area contributed by atoms with Crippen molar-refractivity contribution in [2.75, 3.05) is 5.32 Å². The van der Waals surface area contributed by atoms with Gasteiger partial charge >= 0.3 is 6.09 Å². The molecule has 2 N–H and O–H groups in total. The molecule has 0 aromatic heterocycles. The number of amides is 2. The number of carbonyl (C=O) groups is 2. The minimum atomic E-state index is -0.748. The van der Waals surface area contributed by atoms with Crippen LogP contribution in [0, 0.1) is 5.82 Å². The minimum Gasteiger partial charge on any atom is -0.457 e. The van der Waals surface area contributed by atoms with Gasteiger partial charge in [-0.1, -0.05) is 6.07 Å². The zero-order chi connectivity index (χ0) is 21.8. The third-order valence-corrected chi connectivity index (χ3v) is 3.40. The Balaban J connectivity index is 2.09. The molecule has 0 fully saturated rings. The molecule has 156 valence electrons. The van der Waals surface area contributed by atoms with Crippen molar-refractivity contribution in [1.82, 2.24) is 5.32 Å². The van der Waals surface area contributed by atoms with Crippen LogP contribution in [0.2, 0.25) is 0 Å². The van der Waals surface area contributed by atoms with Gasteiger partial charge in [0.1, 0.15) is 17.1 Å². The van der Waals surface area contributed by atoms with Crippen molar-refractivity contribution in [3.8, 4) is 11.5 Å². The Bertz CT molecular complexity index is 898. The summed E-state index contributed by atoms with van der Waals surface area (Å²) in [6.07, 6.45) is -0.748. The van der Waals surface area contributed by atoms with Crippen molar-refractivity contribution in [3.05, 3.63) is 53.8 Å². The number of carbonyl (C=O) groups excluding carboxylic acids is 2. The Labute approximate surface area is 170 Å². The quantitative estimate of drug-likeness (QED) is 0.709. The predicted molar refractivity (Wildman–Crippen MR) is 110 cm³/mol. The first-order chi connectivity index (χ1) is 13.3. The largest absolute Gasteiger partial charge is 0.457 e. The van der Waals surface area contributed by atoms with Crippen molar-refractivity contribution in [2.24, 2.45) is 0 Å². The number of nitrogens with one attached hydrogen (secondary N) is 2. The minimum absolute atomic E-state index is 0.0232. The molecule has 2 amide bonds. The second-order valence-corrected chi connectivity index (χ2v) is 8.60. The Morgan fingerprint density at radius 2 is 1.59 bits per heavy atom. The first kappa shape index (κ1) is 22.2. The van der Waals surface area contributed by atoms with Gasteiger partial charge in [0.15, 0.2) is 5.82 Å². The lowest BCUT2D eigenvalue weighted by molar-refractivity contribution is 0.0635. The summed E-state index contributed by atoms with van der Waals surface area (Å²) in [6, 6.07) is 10.6. The fourth-order valence-electron chi connectivity index (χ4n) is 2.32. The topological polar surface area (TPSA) is 76.7 Å². The summed E-state index contributed by atoms with van der Waals surface area (Å²) in [7, 11) is 0. The van der Waals surface area contributed by atoms with Crippen LogP contribution in [0.15, 0.2) is 42.5 Å². The van der Waals surface area contributed by atoms with Gasteiger partial charge in [-0.2, -0.15) is 0 Å². The van der Waals surface area contributed by atoms with Crippen LogP contribution in [-0.4, -0.2) is 23.1 Å². The van der Waals surface area contributed by atoms with Crippen LogP contribution in [0.1, 0.15) is 51.9 Å². The van der Waals surface area contributed by atoms with E-state index in [1.54, 1.807) is 45.0 Å². The van der Waals surface area contributed by atoms with E-state index in [9.17, 15) is 14.0 Å². The predicted octanol–water partition coefficient (Wildman–Crippen LogP) is 5.49. The number of rotatable bonds is 4. The number of benzene rings is 2. The van der Waals surface area contributed by atoms with Crippen LogP contribution in [-0.2, 0) is 4.74 Å². The molecule has 0 aliphatic carbocycles. The maximum Gasteiger partial charge on any atom is 0.412 e. The standard InChI is InChI=1S/C22H27FN2O4/c1-21(2,3)25-19(26)14-8-7-9-15(12-14)28-16-10-11-18(17(23)13-16)24-20(27)29-22(4,5)6/h7-13H,1-6H3,(H,24,27)(H,25,26). The highest BCUT2D eigenvalue weighted by Crippen LogP contribution is 2.26. The maximum absolute atomic E-state index is 14.3. The SMILES string of the molecule is CC(C)(C)NC(=O)c1cccc(Oc2ccc(NC(=O)OC(C)(C)C)c(F)c2)c1. The summed E-state index contributed by atoms with van der Waals surface area (Å²) in [5, 5.41) is 5.23. The lowest BCUT2D eigenvalue weighted by Gasteiger charge is -2.20. The normalized spacial score (nSPS) is 11.6. The highest BCUT2D eigenvalue weighted by Gasteiger charge is 2.18. The fraction of sp³-hybridized carbons (Fsp3) is 0.364. The fourth-order valence-corrected chi connectivity index (χ4v) is 2.32. The molecule has 2 aromatic rings. The van der Waals surface area contributed by atoms with E-state index in [1.165, 1.54) is 12.1 Å². The summed E-state index contributed by atoms with van der Waals surface area (Å²) >= 11 is 0. The van der Waals surface area contributed by atoms with Crippen molar-refractivity contribution >= 4 is 17.7 Å². The molecule has 0 spiro atoms. The van der Waals surface area contributed by atoms with Crippen LogP contribution in [0.5, 0.6) is 11.5 Å². The number of hydrogen-bond acceptors (Lipinski definition) is 4. The van der Waals surface area contributed by atoms with Gasteiger partial charge in [0.05, 0.1) is 5.69 Å². The van der Waals surface area contributed by atoms with Crippen LogP contribution < -0.4 is 15.4 Å². The van der Waals surface area contributed by atoms with E-state index >= 15 is 0 Å². The van der Waals surface area contributed by atoms with E-state index in [2.05, 4.69) is 10.6 Å². The van der Waals surface area contributed by atoms with Gasteiger partial charge in [-0.3, -0.25) is 10.1 Å². The van der Waals surface area contributed by atoms with Gasteiger partial charge in [-0.25, -0.2) is 9.18 Å². The molecular formula is C22H27FN2O4. The zero-order valence-electron chi connectivity index (χ0n) is 17.6. The average Bonchev–Trinajstić information content (AvgIpc) is 2.54. The van der Waals surface area contributed by atoms with Crippen molar-refractivity contribution in [3.63, 3.8) is 0 Å². The first-order valence-corrected chi connectivity index (χ1v) is 9.22. The summed E-state index contributed by atoms with van der Waals surface area (Å²) in [5.74, 6) is -0.287. The van der Waals surface area contributed by atoms with Crippen LogP contribution in [0.25, 0.3) is 0 Å². The third kappa shape index (κ3) is 7.44. The second-order valence-electron chi connectivity index (χ2n) is 8.60. The van der Waals surface area contributed by atoms with Crippen LogP contribution >= 0.6 is 0 Å². The van der Waals surface area contributed by atoms with Gasteiger partial charge in [-0.05, 0) is 71.9 Å². The second kappa shape index (κ2) is 8.51. The first-order valence-electron chi connectivity index (χ1n) is 9.22. The molecule has 0 unspecified atom stereocenters. The van der Waals surface area contributed by atoms with E-state index in [1.807, 2.05) is 20.8 Å². The van der Waals surface area contributed by atoms with Crippen molar-refractivity contribution in [1.29, 1.82) is 0 Å². The number of ether oxygens (including phenoxy) is 2. The Morgan fingerprint density at radius 1 is 0.931 bits per heavy atom. The summed E-state index contributed by atoms with van der Waals surface area (Å²) in [5.41, 5.74) is -0.645. The van der Waals surface area contributed by atoms with Crippen molar-refractivity contribution in [2.45, 2.75) is 52.7 Å². The molecule has 6 nitrogen and oxygen atoms in total. The number of anilines is 1. The Hall–Kier alpha value is -3.09. The molecule has 7 heteroatoms. The molecule has 29 heavy (non-hydrogen) atoms. The molecule has 0 saturated carbocycles. The summed E-state index contributed by atoms with van der Waals surface area (Å²) in [6.45, 7) is 10.8. The lowest BCUT2D eigenvalue weighted by Crippen LogP contribution is -2.40. The number of halogens is 1. The van der Waals surface area contributed by atoms with E-state index < -0.39 is 17.5 Å². The smallest absolute Gasteiger partial charge is 0.412 e. The molecule has 0 radical (unpaired) electrons. The molecule has 0 bridgehead atoms. The molecule has 0 atom stereocenters. The Kier molecular flexibility index (Phi) is 6.51. The van der Waals surface area contributed by atoms with Crippen LogP contribution in [0.4, 0.5) is 14.9 Å². The number of hydrogen-bond donors (Lipinski definition) is 2. The molecule has 2 rings (SSSR count). The van der Waals surface area contributed by atoms with Gasteiger partial charge < -0.3 is 14.8 Å². The molecule has 0 saturated heterocycles. The van der Waals surface area contributed by atoms with Crippen LogP contribution in [0.3, 0.4) is 0 Å². The molecular weight excluding hydrogens is 375 g/mol. The summed E-state index contributed by atoms with van der Waals surface area (Å²) < 4.78 is 25.1. The van der Waals surface area contributed by atoms with E-state index in [0.29, 0.717) is 11.3 Å². The molecule has 0 aliphatic rings. The van der Waals surface area contributed by atoms with E-state index in [0.717, 1.165) is 6.07 Å². The zero-order valence-corrected chi connectivity index (χ0v) is 17.6. The third-order valence-electron chi connectivity index (χ3n) is 3.40. The lowest BCUT2D eigenvalue weighted by atomic mass is 10.1. The van der Waals surface area contributed by atoms with Gasteiger partial charge in [0.25, 0.3) is 5.91 Å². The van der Waals surface area contributed by atoms with E-state index in [4.69, 9.17) is 9.47 Å². The van der Waals surface area contributed by atoms with E-state index in [-0.39, 0.29) is 22.9 Å². The molecule has 0 aliphatic heterocycles. The highest BCUT2D eigenvalue weighted by atomic mass is 19.1. The maximum atomic E-state index is 14.3. The van der Waals surface area contributed by atoms with Gasteiger partial charge in [0, 0.05) is 17.2 Å². The molecule has 2 aromatic carbocycles. The molecule has 0 heterocycles. The van der Waals surface area contributed by atoms with Gasteiger partial charge in [-0.15, -0.1) is 0 Å². The average molecular weight is 402 g/mol. The summed E-state index contributed by atoms with van der Waals surface area (Å²) in [4.78, 5) is 24.1. The van der Waals surface area contributed by atoms with Gasteiger partial charge in [0.2, 0.25) is 0 Å². The Morgan fingerprint density at radius 3 is 2.17 bits per heavy atom. The highest BCUT2D eigenvalue weighted by molar-refractivity contribution is 5.95. The van der Waals surface area contributed by atoms with Crippen molar-refractivity contribution < 1.29 is 23.5 Å².